The maximum atomic E-state index is 3.66. The predicted octanol–water partition coefficient (Wildman–Crippen LogP) is 4.00. The maximum absolute atomic E-state index is 3.66. The molecule has 0 spiro atoms. The van der Waals surface area contributed by atoms with Crippen LogP contribution >= 0.6 is 0 Å². The predicted molar refractivity (Wildman–Crippen MR) is 60.8 cm³/mol. The Morgan fingerprint density at radius 2 is 1.69 bits per heavy atom. The van der Waals surface area contributed by atoms with Crippen molar-refractivity contribution in [3.05, 3.63) is 60.7 Å². The molecule has 0 saturated carbocycles. The van der Waals surface area contributed by atoms with Gasteiger partial charge in [0, 0.05) is 0 Å². The summed E-state index contributed by atoms with van der Waals surface area (Å²) in [6, 6.07) is 10.3. The molecule has 0 aliphatic rings. The first-order valence-corrected chi connectivity index (χ1v) is 4.43. The highest BCUT2D eigenvalue weighted by atomic mass is 13.9. The fourth-order valence-electron chi connectivity index (χ4n) is 0.781. The van der Waals surface area contributed by atoms with Crippen molar-refractivity contribution in [2.24, 2.45) is 0 Å². The Labute approximate surface area is 81.6 Å². The normalized spacial score (nSPS) is 8.15. The molecule has 0 saturated heterocycles. The molecule has 0 heteroatoms. The van der Waals surface area contributed by atoms with E-state index in [1.807, 2.05) is 38.1 Å². The Morgan fingerprint density at radius 3 is 2.08 bits per heavy atom. The lowest BCUT2D eigenvalue weighted by Crippen LogP contribution is -1.75. The van der Waals surface area contributed by atoms with E-state index in [-0.39, 0.29) is 0 Å². The van der Waals surface area contributed by atoms with Gasteiger partial charge in [-0.3, -0.25) is 0 Å². The smallest absolute Gasteiger partial charge is 0.0100 e. The number of allylic oxidation sites excluding steroid dienone is 2. The van der Waals surface area contributed by atoms with Crippen LogP contribution in [0.1, 0.15) is 19.4 Å². The Bertz CT molecular complexity index is 240. The standard InChI is InChI=1S/C9H10.C4H8/c1-2-6-9-7-4-3-5-8-9;1-4(2)3/h2-5,7-8H,1,6H2;1H2,2-3H3. The molecule has 0 aromatic heterocycles. The van der Waals surface area contributed by atoms with Crippen molar-refractivity contribution in [3.8, 4) is 0 Å². The molecule has 0 aliphatic carbocycles. The van der Waals surface area contributed by atoms with Gasteiger partial charge in [-0.2, -0.15) is 0 Å². The molecule has 0 radical (unpaired) electrons. The molecule has 0 fully saturated rings. The Kier molecular flexibility index (Phi) is 6.62. The first-order chi connectivity index (χ1) is 6.16. The fraction of sp³-hybridized carbons (Fsp3) is 0.231. The molecule has 0 aliphatic heterocycles. The minimum atomic E-state index is 0.973. The molecular formula is C13H18. The van der Waals surface area contributed by atoms with E-state index in [0.717, 1.165) is 6.42 Å². The average Bonchev–Trinajstić information content (AvgIpc) is 2.06. The van der Waals surface area contributed by atoms with Crippen molar-refractivity contribution >= 4 is 0 Å². The Balaban J connectivity index is 0.000000310. The minimum absolute atomic E-state index is 0.973. The van der Waals surface area contributed by atoms with Gasteiger partial charge in [-0.25, -0.2) is 0 Å². The molecule has 0 nitrogen and oxygen atoms in total. The fourth-order valence-corrected chi connectivity index (χ4v) is 0.781. The van der Waals surface area contributed by atoms with Crippen LogP contribution in [0, 0.1) is 0 Å². The van der Waals surface area contributed by atoms with Crippen molar-refractivity contribution in [2.45, 2.75) is 20.3 Å². The molecule has 13 heavy (non-hydrogen) atoms. The number of hydrogen-bond acceptors (Lipinski definition) is 0. The van der Waals surface area contributed by atoms with E-state index >= 15 is 0 Å². The lowest BCUT2D eigenvalue weighted by atomic mass is 10.2. The Morgan fingerprint density at radius 1 is 1.23 bits per heavy atom. The third-order valence-electron chi connectivity index (χ3n) is 1.22. The zero-order valence-electron chi connectivity index (χ0n) is 8.59. The molecule has 1 aromatic carbocycles. The third kappa shape index (κ3) is 8.61. The van der Waals surface area contributed by atoms with Crippen LogP contribution in [0.5, 0.6) is 0 Å². The van der Waals surface area contributed by atoms with Crippen molar-refractivity contribution in [3.63, 3.8) is 0 Å². The first kappa shape index (κ1) is 11.7. The summed E-state index contributed by atoms with van der Waals surface area (Å²) in [4.78, 5) is 0. The van der Waals surface area contributed by atoms with Gasteiger partial charge in [-0.05, 0) is 25.8 Å². The van der Waals surface area contributed by atoms with Crippen LogP contribution in [0.4, 0.5) is 0 Å². The molecule has 0 unspecified atom stereocenters. The third-order valence-corrected chi connectivity index (χ3v) is 1.22. The SMILES string of the molecule is C=C(C)C.C=CCc1ccccc1. The maximum Gasteiger partial charge on any atom is -0.0100 e. The van der Waals surface area contributed by atoms with Crippen molar-refractivity contribution in [1.29, 1.82) is 0 Å². The number of rotatable bonds is 2. The van der Waals surface area contributed by atoms with Crippen LogP contribution in [-0.2, 0) is 6.42 Å². The largest absolute Gasteiger partial charge is 0.103 e. The van der Waals surface area contributed by atoms with E-state index < -0.39 is 0 Å². The van der Waals surface area contributed by atoms with E-state index in [1.54, 1.807) is 0 Å². The van der Waals surface area contributed by atoms with Crippen LogP contribution in [0.3, 0.4) is 0 Å². The number of benzene rings is 1. The highest BCUT2D eigenvalue weighted by Gasteiger charge is 1.82. The van der Waals surface area contributed by atoms with Gasteiger partial charge in [0.2, 0.25) is 0 Å². The zero-order chi connectivity index (χ0) is 10.1. The van der Waals surface area contributed by atoms with Crippen LogP contribution in [0.2, 0.25) is 0 Å². The van der Waals surface area contributed by atoms with Crippen LogP contribution in [0.25, 0.3) is 0 Å². The Hall–Kier alpha value is -1.30. The molecule has 0 atom stereocenters. The summed E-state index contributed by atoms with van der Waals surface area (Å²) >= 11 is 0. The minimum Gasteiger partial charge on any atom is -0.103 e. The molecule has 70 valence electrons. The van der Waals surface area contributed by atoms with E-state index in [2.05, 4.69) is 25.3 Å². The van der Waals surface area contributed by atoms with Crippen molar-refractivity contribution < 1.29 is 0 Å². The van der Waals surface area contributed by atoms with Gasteiger partial charge in [0.05, 0.1) is 0 Å². The van der Waals surface area contributed by atoms with Crippen LogP contribution < -0.4 is 0 Å². The van der Waals surface area contributed by atoms with Crippen molar-refractivity contribution in [1.82, 2.24) is 0 Å². The highest BCUT2D eigenvalue weighted by molar-refractivity contribution is 5.16. The molecule has 1 aromatic rings. The topological polar surface area (TPSA) is 0 Å². The van der Waals surface area contributed by atoms with Gasteiger partial charge in [-0.1, -0.05) is 42.0 Å². The monoisotopic (exact) mass is 174 g/mol. The summed E-state index contributed by atoms with van der Waals surface area (Å²) < 4.78 is 0. The lowest BCUT2D eigenvalue weighted by Gasteiger charge is -1.91. The second-order valence-corrected chi connectivity index (χ2v) is 3.19. The van der Waals surface area contributed by atoms with Gasteiger partial charge in [0.25, 0.3) is 0 Å². The second-order valence-electron chi connectivity index (χ2n) is 3.19. The lowest BCUT2D eigenvalue weighted by molar-refractivity contribution is 1.28. The van der Waals surface area contributed by atoms with Crippen molar-refractivity contribution in [2.75, 3.05) is 0 Å². The molecule has 1 rings (SSSR count). The van der Waals surface area contributed by atoms with Crippen LogP contribution in [0.15, 0.2) is 55.1 Å². The molecular weight excluding hydrogens is 156 g/mol. The summed E-state index contributed by atoms with van der Waals surface area (Å²) in [5, 5.41) is 0. The van der Waals surface area contributed by atoms with E-state index in [9.17, 15) is 0 Å². The molecule has 0 bridgehead atoms. The quantitative estimate of drug-likeness (QED) is 0.594. The summed E-state index contributed by atoms with van der Waals surface area (Å²) in [5.74, 6) is 0. The van der Waals surface area contributed by atoms with Gasteiger partial charge in [-0.15, -0.1) is 13.2 Å². The molecule has 0 N–H and O–H groups in total. The van der Waals surface area contributed by atoms with E-state index in [1.165, 1.54) is 11.1 Å². The zero-order valence-corrected chi connectivity index (χ0v) is 8.59. The van der Waals surface area contributed by atoms with Gasteiger partial charge >= 0.3 is 0 Å². The van der Waals surface area contributed by atoms with E-state index in [4.69, 9.17) is 0 Å². The first-order valence-electron chi connectivity index (χ1n) is 4.43. The van der Waals surface area contributed by atoms with Gasteiger partial charge in [0.1, 0.15) is 0 Å². The highest BCUT2D eigenvalue weighted by Crippen LogP contribution is 1.98. The van der Waals surface area contributed by atoms with Gasteiger partial charge in [0.15, 0.2) is 0 Å². The summed E-state index contributed by atoms with van der Waals surface area (Å²) in [6.45, 7) is 11.2. The van der Waals surface area contributed by atoms with Gasteiger partial charge < -0.3 is 0 Å². The molecule has 0 amide bonds. The summed E-state index contributed by atoms with van der Waals surface area (Å²) in [5.41, 5.74) is 2.49. The summed E-state index contributed by atoms with van der Waals surface area (Å²) in [7, 11) is 0. The molecule has 0 heterocycles. The van der Waals surface area contributed by atoms with E-state index in [0.29, 0.717) is 0 Å². The van der Waals surface area contributed by atoms with Crippen LogP contribution in [-0.4, -0.2) is 0 Å². The second kappa shape index (κ2) is 7.35. The number of hydrogen-bond donors (Lipinski definition) is 0. The summed E-state index contributed by atoms with van der Waals surface area (Å²) in [6.07, 6.45) is 2.89. The average molecular weight is 174 g/mol.